The number of thiazole rings is 1. The van der Waals surface area contributed by atoms with Crippen LogP contribution in [0.15, 0.2) is 29.8 Å². The number of β-amino-alcohol motifs (C(OH)–C–C–N with tert-alkyl or cyclic N) is 1. The predicted octanol–water partition coefficient (Wildman–Crippen LogP) is 5.68. The maximum absolute atomic E-state index is 13.6. The van der Waals surface area contributed by atoms with Crippen molar-refractivity contribution in [1.29, 1.82) is 0 Å². The molecule has 1 saturated heterocycles. The monoisotopic (exact) mass is 484 g/mol. The molecule has 2 aromatic rings. The molecule has 1 N–H and O–H groups in total. The Bertz CT molecular complexity index is 998. The zero-order valence-electron chi connectivity index (χ0n) is 21.7. The van der Waals surface area contributed by atoms with E-state index in [0.29, 0.717) is 19.3 Å². The molecular weight excluding hydrogens is 444 g/mol. The van der Waals surface area contributed by atoms with Gasteiger partial charge in [-0.05, 0) is 41.7 Å². The van der Waals surface area contributed by atoms with Gasteiger partial charge < -0.3 is 10.0 Å². The number of rotatable bonds is 7. The van der Waals surface area contributed by atoms with E-state index in [0.717, 1.165) is 23.2 Å². The summed E-state index contributed by atoms with van der Waals surface area (Å²) in [6.45, 7) is 14.9. The Labute approximate surface area is 208 Å². The quantitative estimate of drug-likeness (QED) is 0.549. The van der Waals surface area contributed by atoms with E-state index in [-0.39, 0.29) is 35.0 Å². The normalized spacial score (nSPS) is 19.9. The van der Waals surface area contributed by atoms with E-state index in [1.807, 2.05) is 12.4 Å². The molecule has 1 aromatic carbocycles. The van der Waals surface area contributed by atoms with Gasteiger partial charge >= 0.3 is 0 Å². The van der Waals surface area contributed by atoms with Crippen LogP contribution in [0.1, 0.15) is 72.1 Å². The fraction of sp³-hybridized carbons (Fsp3) is 0.607. The summed E-state index contributed by atoms with van der Waals surface area (Å²) < 4.78 is 0. The van der Waals surface area contributed by atoms with Gasteiger partial charge in [0.2, 0.25) is 5.91 Å². The summed E-state index contributed by atoms with van der Waals surface area (Å²) in [4.78, 5) is 34.0. The van der Waals surface area contributed by atoms with Crippen LogP contribution < -0.4 is 0 Å². The second-order valence-corrected chi connectivity index (χ2v) is 12.9. The predicted molar refractivity (Wildman–Crippen MR) is 139 cm³/mol. The highest BCUT2D eigenvalue weighted by Crippen LogP contribution is 2.39. The maximum Gasteiger partial charge on any atom is 0.226 e. The highest BCUT2D eigenvalue weighted by molar-refractivity contribution is 7.13. The van der Waals surface area contributed by atoms with Crippen LogP contribution in [-0.2, 0) is 16.0 Å². The van der Waals surface area contributed by atoms with Gasteiger partial charge in [0, 0.05) is 25.3 Å². The van der Waals surface area contributed by atoms with E-state index >= 15 is 0 Å². The summed E-state index contributed by atoms with van der Waals surface area (Å²) in [5.41, 5.74) is 4.89. The second-order valence-electron chi connectivity index (χ2n) is 12.0. The van der Waals surface area contributed by atoms with E-state index in [2.05, 4.69) is 70.8 Å². The molecule has 0 saturated carbocycles. The molecule has 5 nitrogen and oxygen atoms in total. The smallest absolute Gasteiger partial charge is 0.226 e. The Morgan fingerprint density at radius 2 is 1.79 bits per heavy atom. The maximum atomic E-state index is 13.6. The lowest BCUT2D eigenvalue weighted by atomic mass is 9.71. The number of aromatic nitrogens is 1. The summed E-state index contributed by atoms with van der Waals surface area (Å²) in [5.74, 6) is -0.159. The highest BCUT2D eigenvalue weighted by atomic mass is 32.1. The Balaban J connectivity index is 1.68. The van der Waals surface area contributed by atoms with Gasteiger partial charge in [-0.25, -0.2) is 4.98 Å². The molecule has 1 amide bonds. The lowest BCUT2D eigenvalue weighted by Gasteiger charge is -2.38. The fourth-order valence-electron chi connectivity index (χ4n) is 4.77. The average molecular weight is 485 g/mol. The van der Waals surface area contributed by atoms with Gasteiger partial charge in [0.05, 0.1) is 28.2 Å². The van der Waals surface area contributed by atoms with Gasteiger partial charge in [0.15, 0.2) is 5.78 Å². The van der Waals surface area contributed by atoms with Crippen molar-refractivity contribution < 1.29 is 14.7 Å². The van der Waals surface area contributed by atoms with E-state index in [1.165, 1.54) is 4.88 Å². The number of ketones is 1. The standard InChI is InChI=1S/C28H40N2O3S/c1-18-25(34-17-29-18)20-11-8-19(9-12-20)10-13-24(32)23-14-21(31)16-30(23)26(33)22(28(5,6)7)15-27(2,3)4/h8-9,11-12,17,21-23,31H,10,13-16H2,1-7H3/t21-,22?,23?/m1/s1. The molecule has 34 heavy (non-hydrogen) atoms. The second kappa shape index (κ2) is 10.3. The number of Topliss-reactive ketones (excluding diaryl/α,β-unsaturated/α-hetero) is 1. The molecule has 3 rings (SSSR count). The molecule has 1 aromatic heterocycles. The molecule has 186 valence electrons. The number of likely N-dealkylation sites (tertiary alicyclic amines) is 1. The summed E-state index contributed by atoms with van der Waals surface area (Å²) in [7, 11) is 0. The van der Waals surface area contributed by atoms with Gasteiger partial charge in [-0.2, -0.15) is 0 Å². The number of hydrogen-bond donors (Lipinski definition) is 1. The zero-order valence-corrected chi connectivity index (χ0v) is 22.5. The SMILES string of the molecule is Cc1ncsc1-c1ccc(CCC(=O)C2C[C@@H](O)CN2C(=O)C(CC(C)(C)C)C(C)(C)C)cc1. The minimum atomic E-state index is -0.643. The molecule has 3 atom stereocenters. The Kier molecular flexibility index (Phi) is 8.03. The topological polar surface area (TPSA) is 70.5 Å². The van der Waals surface area contributed by atoms with Gasteiger partial charge in [-0.15, -0.1) is 11.3 Å². The molecule has 1 fully saturated rings. The first-order valence-corrected chi connectivity index (χ1v) is 13.1. The highest BCUT2D eigenvalue weighted by Gasteiger charge is 2.44. The first-order chi connectivity index (χ1) is 15.8. The molecule has 0 bridgehead atoms. The average Bonchev–Trinajstić information content (AvgIpc) is 3.34. The number of benzene rings is 1. The lowest BCUT2D eigenvalue weighted by Crippen LogP contribution is -2.47. The van der Waals surface area contributed by atoms with Crippen LogP contribution in [0.3, 0.4) is 0 Å². The Morgan fingerprint density at radius 3 is 2.32 bits per heavy atom. The van der Waals surface area contributed by atoms with Crippen LogP contribution in [0.5, 0.6) is 0 Å². The molecule has 1 aliphatic heterocycles. The molecule has 2 unspecified atom stereocenters. The van der Waals surface area contributed by atoms with Crippen molar-refractivity contribution in [2.24, 2.45) is 16.7 Å². The van der Waals surface area contributed by atoms with E-state index in [9.17, 15) is 14.7 Å². The van der Waals surface area contributed by atoms with Crippen molar-refractivity contribution in [2.45, 2.75) is 86.3 Å². The largest absolute Gasteiger partial charge is 0.391 e. The van der Waals surface area contributed by atoms with Crippen molar-refractivity contribution in [3.63, 3.8) is 0 Å². The van der Waals surface area contributed by atoms with Crippen molar-refractivity contribution >= 4 is 23.0 Å². The molecule has 2 heterocycles. The number of hydrogen-bond acceptors (Lipinski definition) is 5. The number of nitrogens with zero attached hydrogens (tertiary/aromatic N) is 2. The molecular formula is C28H40N2O3S. The van der Waals surface area contributed by atoms with Crippen LogP contribution in [0.25, 0.3) is 10.4 Å². The van der Waals surface area contributed by atoms with Crippen LogP contribution in [0, 0.1) is 23.7 Å². The summed E-state index contributed by atoms with van der Waals surface area (Å²) in [5, 5.41) is 10.4. The van der Waals surface area contributed by atoms with Crippen molar-refractivity contribution in [3.8, 4) is 10.4 Å². The number of carbonyl (C=O) groups excluding carboxylic acids is 2. The number of aryl methyl sites for hydroxylation is 2. The van der Waals surface area contributed by atoms with Crippen LogP contribution in [0.4, 0.5) is 0 Å². The van der Waals surface area contributed by atoms with Crippen LogP contribution in [0.2, 0.25) is 0 Å². The van der Waals surface area contributed by atoms with Gasteiger partial charge in [0.1, 0.15) is 0 Å². The van der Waals surface area contributed by atoms with Gasteiger partial charge in [0.25, 0.3) is 0 Å². The molecule has 6 heteroatoms. The molecule has 0 aliphatic carbocycles. The third-order valence-corrected chi connectivity index (χ3v) is 7.69. The Morgan fingerprint density at radius 1 is 1.15 bits per heavy atom. The third kappa shape index (κ3) is 6.54. The molecule has 1 aliphatic rings. The molecule has 0 spiro atoms. The first-order valence-electron chi connectivity index (χ1n) is 12.3. The zero-order chi connectivity index (χ0) is 25.3. The van der Waals surface area contributed by atoms with Crippen LogP contribution >= 0.6 is 11.3 Å². The van der Waals surface area contributed by atoms with Crippen molar-refractivity contribution in [3.05, 3.63) is 41.0 Å². The number of aliphatic hydroxyl groups is 1. The lowest BCUT2D eigenvalue weighted by molar-refractivity contribution is -0.145. The minimum Gasteiger partial charge on any atom is -0.391 e. The van der Waals surface area contributed by atoms with Crippen molar-refractivity contribution in [1.82, 2.24) is 9.88 Å². The number of carbonyl (C=O) groups is 2. The van der Waals surface area contributed by atoms with E-state index < -0.39 is 12.1 Å². The minimum absolute atomic E-state index is 0.00149. The van der Waals surface area contributed by atoms with E-state index in [4.69, 9.17) is 0 Å². The van der Waals surface area contributed by atoms with Gasteiger partial charge in [-0.1, -0.05) is 65.8 Å². The van der Waals surface area contributed by atoms with Crippen LogP contribution in [-0.4, -0.2) is 45.4 Å². The van der Waals surface area contributed by atoms with E-state index in [1.54, 1.807) is 16.2 Å². The number of aliphatic hydroxyl groups excluding tert-OH is 1. The number of amides is 1. The molecule has 0 radical (unpaired) electrons. The third-order valence-electron chi connectivity index (χ3n) is 6.72. The van der Waals surface area contributed by atoms with Gasteiger partial charge in [-0.3, -0.25) is 9.59 Å². The first kappa shape index (κ1) is 26.6. The Hall–Kier alpha value is -2.05. The summed E-state index contributed by atoms with van der Waals surface area (Å²) in [6, 6.07) is 7.75. The fourth-order valence-corrected chi connectivity index (χ4v) is 5.59. The summed E-state index contributed by atoms with van der Waals surface area (Å²) in [6.07, 6.45) is 1.42. The van der Waals surface area contributed by atoms with Crippen molar-refractivity contribution in [2.75, 3.05) is 6.54 Å². The summed E-state index contributed by atoms with van der Waals surface area (Å²) >= 11 is 1.63.